The van der Waals surface area contributed by atoms with E-state index in [9.17, 15) is 18.0 Å². The van der Waals surface area contributed by atoms with E-state index in [1.54, 1.807) is 30.5 Å². The number of halogens is 3. The zero-order chi connectivity index (χ0) is 27.4. The summed E-state index contributed by atoms with van der Waals surface area (Å²) in [6, 6.07) is 20.1. The molecule has 1 fully saturated rings. The fourth-order valence-corrected chi connectivity index (χ4v) is 4.65. The lowest BCUT2D eigenvalue weighted by atomic mass is 10.1. The quantitative estimate of drug-likeness (QED) is 0.334. The molecule has 13 heteroatoms. The number of aliphatic imine (C=N–C) groups is 1. The molecule has 2 aliphatic rings. The van der Waals surface area contributed by atoms with E-state index in [-0.39, 0.29) is 24.1 Å². The number of carbonyl (C=O) groups excluding carboxylic acids is 1. The second-order valence-electron chi connectivity index (χ2n) is 8.17. The molecule has 0 radical (unpaired) electrons. The summed E-state index contributed by atoms with van der Waals surface area (Å²) in [7, 11) is 1.55. The van der Waals surface area contributed by atoms with Crippen LogP contribution in [-0.4, -0.2) is 49.0 Å². The van der Waals surface area contributed by atoms with Gasteiger partial charge in [-0.1, -0.05) is 48.2 Å². The highest BCUT2D eigenvalue weighted by Gasteiger charge is 2.32. The molecule has 0 saturated carbocycles. The van der Waals surface area contributed by atoms with E-state index in [0.29, 0.717) is 28.1 Å². The van der Waals surface area contributed by atoms with Gasteiger partial charge in [0.05, 0.1) is 30.5 Å². The van der Waals surface area contributed by atoms with Gasteiger partial charge in [-0.15, -0.1) is 18.3 Å². The predicted molar refractivity (Wildman–Crippen MR) is 145 cm³/mol. The third-order valence-corrected chi connectivity index (χ3v) is 6.53. The fraction of sp³-hybridized carbons (Fsp3) is 0.154. The molecule has 0 aliphatic carbocycles. The first-order valence-corrected chi connectivity index (χ1v) is 12.5. The normalized spacial score (nSPS) is 16.7. The molecule has 0 unspecified atom stereocenters. The summed E-state index contributed by atoms with van der Waals surface area (Å²) in [6.45, 7) is 0.286. The Morgan fingerprint density at radius 2 is 1.79 bits per heavy atom. The number of nitrogens with zero attached hydrogens (tertiary/aromatic N) is 5. The number of nitrogens with one attached hydrogen (secondary N) is 1. The minimum atomic E-state index is -4.74. The molecule has 0 spiro atoms. The maximum Gasteiger partial charge on any atom is 0.573 e. The van der Waals surface area contributed by atoms with Gasteiger partial charge in [0.25, 0.3) is 0 Å². The summed E-state index contributed by atoms with van der Waals surface area (Å²) in [5.41, 5.74) is 5.99. The van der Waals surface area contributed by atoms with Gasteiger partial charge >= 0.3 is 6.36 Å². The van der Waals surface area contributed by atoms with Gasteiger partial charge in [-0.2, -0.15) is 5.10 Å². The van der Waals surface area contributed by atoms with Gasteiger partial charge in [0.2, 0.25) is 5.91 Å². The Morgan fingerprint density at radius 3 is 2.51 bits per heavy atom. The lowest BCUT2D eigenvalue weighted by Crippen LogP contribution is -2.36. The average Bonchev–Trinajstić information content (AvgIpc) is 3.56. The zero-order valence-corrected chi connectivity index (χ0v) is 21.2. The summed E-state index contributed by atoms with van der Waals surface area (Å²) in [4.78, 5) is 18.4. The summed E-state index contributed by atoms with van der Waals surface area (Å²) < 4.78 is 46.4. The van der Waals surface area contributed by atoms with Crippen LogP contribution in [0.5, 0.6) is 11.5 Å². The number of methoxy groups -OCH3 is 1. The molecule has 1 saturated heterocycles. The molecule has 1 amide bonds. The van der Waals surface area contributed by atoms with Crippen molar-refractivity contribution in [1.29, 1.82) is 0 Å². The van der Waals surface area contributed by atoms with Crippen LogP contribution in [0.3, 0.4) is 0 Å². The second-order valence-corrected chi connectivity index (χ2v) is 9.11. The number of ether oxygens (including phenoxy) is 2. The molecule has 0 bridgehead atoms. The van der Waals surface area contributed by atoms with Crippen molar-refractivity contribution in [2.75, 3.05) is 29.4 Å². The first-order chi connectivity index (χ1) is 18.8. The molecule has 5 rings (SSSR count). The third-order valence-electron chi connectivity index (χ3n) is 5.62. The van der Waals surface area contributed by atoms with Crippen LogP contribution < -0.4 is 24.8 Å². The van der Waals surface area contributed by atoms with Gasteiger partial charge in [-0.05, 0) is 42.0 Å². The van der Waals surface area contributed by atoms with Gasteiger partial charge in [0.15, 0.2) is 5.17 Å². The summed E-state index contributed by atoms with van der Waals surface area (Å²) in [6.07, 6.45) is -3.15. The molecule has 3 aromatic rings. The van der Waals surface area contributed by atoms with Crippen molar-refractivity contribution in [2.24, 2.45) is 15.2 Å². The number of rotatable bonds is 7. The Morgan fingerprint density at radius 1 is 1.05 bits per heavy atom. The van der Waals surface area contributed by atoms with E-state index in [1.807, 2.05) is 36.4 Å². The van der Waals surface area contributed by atoms with E-state index >= 15 is 0 Å². The number of hydrogen-bond donors (Lipinski definition) is 1. The Bertz CT molecular complexity index is 1440. The molecule has 3 aromatic carbocycles. The first kappa shape index (κ1) is 26.1. The van der Waals surface area contributed by atoms with Crippen LogP contribution in [0.15, 0.2) is 88.0 Å². The number of amidine groups is 2. The van der Waals surface area contributed by atoms with E-state index in [1.165, 1.54) is 40.9 Å². The lowest BCUT2D eigenvalue weighted by molar-refractivity contribution is -0.274. The molecule has 1 N–H and O–H groups in total. The van der Waals surface area contributed by atoms with Crippen LogP contribution in [0.1, 0.15) is 11.1 Å². The molecule has 2 heterocycles. The van der Waals surface area contributed by atoms with Crippen molar-refractivity contribution in [1.82, 2.24) is 5.43 Å². The average molecular weight is 555 g/mol. The van der Waals surface area contributed by atoms with Gasteiger partial charge in [-0.25, -0.2) is 4.99 Å². The number of amides is 1. The Labute approximate surface area is 225 Å². The van der Waals surface area contributed by atoms with Crippen LogP contribution in [-0.2, 0) is 4.79 Å². The minimum absolute atomic E-state index is 0.104. The SMILES string of the molecule is COc1ccccc1N1C(=O)CS/C1=N\N=C\c1ccc(C2=NCN(c3ccc(OC(F)(F)F)cc3)N2)cc1. The molecule has 0 atom stereocenters. The summed E-state index contributed by atoms with van der Waals surface area (Å²) >= 11 is 1.30. The minimum Gasteiger partial charge on any atom is -0.495 e. The monoisotopic (exact) mass is 554 g/mol. The Hall–Kier alpha value is -4.52. The predicted octanol–water partition coefficient (Wildman–Crippen LogP) is 4.79. The Balaban J connectivity index is 1.21. The van der Waals surface area contributed by atoms with Crippen LogP contribution in [0.25, 0.3) is 0 Å². The smallest absolute Gasteiger partial charge is 0.495 e. The number of hydrogen-bond acceptors (Lipinski definition) is 9. The highest BCUT2D eigenvalue weighted by molar-refractivity contribution is 8.15. The number of hydrazine groups is 1. The third kappa shape index (κ3) is 6.14. The maximum atomic E-state index is 12.5. The van der Waals surface area contributed by atoms with Crippen molar-refractivity contribution in [2.45, 2.75) is 6.36 Å². The van der Waals surface area contributed by atoms with Gasteiger partial charge in [0, 0.05) is 5.56 Å². The number of carbonyl (C=O) groups is 1. The first-order valence-electron chi connectivity index (χ1n) is 11.6. The number of anilines is 2. The van der Waals surface area contributed by atoms with Crippen LogP contribution >= 0.6 is 11.8 Å². The van der Waals surface area contributed by atoms with Crippen molar-refractivity contribution >= 4 is 46.3 Å². The summed E-state index contributed by atoms with van der Waals surface area (Å²) in [5, 5.41) is 10.6. The molecule has 9 nitrogen and oxygen atoms in total. The lowest BCUT2D eigenvalue weighted by Gasteiger charge is -2.19. The Kier molecular flexibility index (Phi) is 7.41. The van der Waals surface area contributed by atoms with Crippen molar-refractivity contribution < 1.29 is 27.4 Å². The molecule has 39 heavy (non-hydrogen) atoms. The molecular formula is C26H21F3N6O3S. The zero-order valence-electron chi connectivity index (χ0n) is 20.4. The maximum absolute atomic E-state index is 12.5. The van der Waals surface area contributed by atoms with Gasteiger partial charge < -0.3 is 9.47 Å². The molecule has 200 valence electrons. The highest BCUT2D eigenvalue weighted by atomic mass is 32.2. The van der Waals surface area contributed by atoms with Gasteiger partial charge in [0.1, 0.15) is 24.0 Å². The summed E-state index contributed by atoms with van der Waals surface area (Å²) in [5.74, 6) is 1.04. The molecule has 2 aliphatic heterocycles. The number of alkyl halides is 3. The molecular weight excluding hydrogens is 533 g/mol. The van der Waals surface area contributed by atoms with Crippen LogP contribution in [0, 0.1) is 0 Å². The van der Waals surface area contributed by atoms with Crippen LogP contribution in [0.4, 0.5) is 24.5 Å². The molecule has 0 aromatic heterocycles. The van der Waals surface area contributed by atoms with Crippen molar-refractivity contribution in [3.63, 3.8) is 0 Å². The van der Waals surface area contributed by atoms with E-state index in [0.717, 1.165) is 11.1 Å². The topological polar surface area (TPSA) is 91.1 Å². The second kappa shape index (κ2) is 11.1. The highest BCUT2D eigenvalue weighted by Crippen LogP contribution is 2.34. The largest absolute Gasteiger partial charge is 0.573 e. The van der Waals surface area contributed by atoms with E-state index < -0.39 is 6.36 Å². The standard InChI is InChI=1S/C26H21F3N6O3S/c1-37-22-5-3-2-4-21(22)35-23(36)15-39-25(35)32-31-14-17-6-8-18(9-7-17)24-30-16-34(33-24)19-10-12-20(13-11-19)38-26(27,28)29/h2-14H,15-16H2,1H3,(H,30,33)/b31-14+,32-25-. The van der Waals surface area contributed by atoms with Crippen LogP contribution in [0.2, 0.25) is 0 Å². The van der Waals surface area contributed by atoms with E-state index in [2.05, 4.69) is 25.4 Å². The fourth-order valence-electron chi connectivity index (χ4n) is 3.83. The van der Waals surface area contributed by atoms with E-state index in [4.69, 9.17) is 4.74 Å². The van der Waals surface area contributed by atoms with Crippen molar-refractivity contribution in [3.05, 3.63) is 83.9 Å². The van der Waals surface area contributed by atoms with Gasteiger partial charge in [-0.3, -0.25) is 20.1 Å². The van der Waals surface area contributed by atoms with Crippen molar-refractivity contribution in [3.8, 4) is 11.5 Å². The number of benzene rings is 3. The number of thioether (sulfide) groups is 1. The number of para-hydroxylation sites is 2.